The number of carbonyl (C=O) groups excluding carboxylic acids is 1. The lowest BCUT2D eigenvalue weighted by atomic mass is 10.1. The summed E-state index contributed by atoms with van der Waals surface area (Å²) in [5.41, 5.74) is 0.374. The highest BCUT2D eigenvalue weighted by Crippen LogP contribution is 2.19. The molecule has 0 saturated heterocycles. The first kappa shape index (κ1) is 17.1. The Bertz CT molecular complexity index is 850. The fourth-order valence-corrected chi connectivity index (χ4v) is 3.00. The highest BCUT2D eigenvalue weighted by atomic mass is 32.2. The molecule has 0 fully saturated rings. The van der Waals surface area contributed by atoms with Crippen molar-refractivity contribution in [3.63, 3.8) is 0 Å². The molecule has 7 heteroatoms. The van der Waals surface area contributed by atoms with Gasteiger partial charge in [-0.05, 0) is 36.8 Å². The van der Waals surface area contributed by atoms with Gasteiger partial charge in [0, 0.05) is 6.26 Å². The van der Waals surface area contributed by atoms with Crippen LogP contribution in [0.25, 0.3) is 0 Å². The second kappa shape index (κ2) is 6.45. The van der Waals surface area contributed by atoms with Crippen LogP contribution in [0.3, 0.4) is 0 Å². The van der Waals surface area contributed by atoms with E-state index in [1.807, 2.05) is 0 Å². The van der Waals surface area contributed by atoms with Crippen LogP contribution in [0, 0.1) is 11.6 Å². The monoisotopic (exact) mass is 339 g/mol. The largest absolute Gasteiger partial charge is 0.345 e. The Balaban J connectivity index is 2.27. The Morgan fingerprint density at radius 3 is 2.35 bits per heavy atom. The second-order valence-corrected chi connectivity index (χ2v) is 7.12. The van der Waals surface area contributed by atoms with E-state index in [1.165, 1.54) is 24.3 Å². The topological polar surface area (TPSA) is 63.2 Å². The van der Waals surface area contributed by atoms with Crippen molar-refractivity contribution in [2.24, 2.45) is 0 Å². The maximum atomic E-state index is 13.3. The van der Waals surface area contributed by atoms with Crippen LogP contribution in [0.1, 0.15) is 28.9 Å². The smallest absolute Gasteiger partial charge is 0.253 e. The maximum Gasteiger partial charge on any atom is 0.253 e. The van der Waals surface area contributed by atoms with E-state index in [4.69, 9.17) is 0 Å². The van der Waals surface area contributed by atoms with Crippen molar-refractivity contribution >= 4 is 15.7 Å². The van der Waals surface area contributed by atoms with Crippen molar-refractivity contribution in [3.8, 4) is 0 Å². The zero-order chi connectivity index (χ0) is 17.2. The van der Waals surface area contributed by atoms with Crippen molar-refractivity contribution in [1.29, 1.82) is 0 Å². The van der Waals surface area contributed by atoms with Crippen molar-refractivity contribution < 1.29 is 22.0 Å². The van der Waals surface area contributed by atoms with Gasteiger partial charge in [-0.15, -0.1) is 0 Å². The summed E-state index contributed by atoms with van der Waals surface area (Å²) in [6.07, 6.45) is 1.01. The van der Waals surface area contributed by atoms with Crippen LogP contribution in [0.4, 0.5) is 8.78 Å². The molecule has 0 bridgehead atoms. The highest BCUT2D eigenvalue weighted by molar-refractivity contribution is 7.90. The molecule has 2 rings (SSSR count). The summed E-state index contributed by atoms with van der Waals surface area (Å²) in [5.74, 6) is -2.60. The van der Waals surface area contributed by atoms with Gasteiger partial charge < -0.3 is 5.32 Å². The number of hydrogen-bond acceptors (Lipinski definition) is 3. The molecule has 0 heterocycles. The van der Waals surface area contributed by atoms with Crippen LogP contribution in [0.2, 0.25) is 0 Å². The van der Waals surface area contributed by atoms with E-state index in [1.54, 1.807) is 13.0 Å². The number of nitrogens with one attached hydrogen (secondary N) is 1. The fraction of sp³-hybridized carbons (Fsp3) is 0.188. The lowest BCUT2D eigenvalue weighted by molar-refractivity contribution is 0.0936. The standard InChI is InChI=1S/C16H15F2NO3S/c1-10(11-7-8-13(17)14(18)9-11)19-16(20)12-5-3-4-6-15(12)23(2,21)22/h3-10H,1-2H3,(H,19,20)/t10-/m0/s1. The molecule has 4 nitrogen and oxygen atoms in total. The summed E-state index contributed by atoms with van der Waals surface area (Å²) in [5, 5.41) is 2.58. The third-order valence-corrected chi connectivity index (χ3v) is 4.48. The molecule has 0 radical (unpaired) electrons. The van der Waals surface area contributed by atoms with Gasteiger partial charge in [-0.1, -0.05) is 18.2 Å². The minimum Gasteiger partial charge on any atom is -0.345 e. The first-order chi connectivity index (χ1) is 10.7. The molecule has 2 aromatic carbocycles. The second-order valence-electron chi connectivity index (χ2n) is 5.14. The molecule has 1 amide bonds. The molecule has 0 aliphatic carbocycles. The third-order valence-electron chi connectivity index (χ3n) is 3.32. The van der Waals surface area contributed by atoms with E-state index in [0.29, 0.717) is 5.56 Å². The molecule has 0 spiro atoms. The first-order valence-corrected chi connectivity index (χ1v) is 8.64. The summed E-state index contributed by atoms with van der Waals surface area (Å²) in [6.45, 7) is 1.59. The van der Waals surface area contributed by atoms with Crippen LogP contribution >= 0.6 is 0 Å². The van der Waals surface area contributed by atoms with Crippen molar-refractivity contribution in [1.82, 2.24) is 5.32 Å². The average Bonchev–Trinajstić information content (AvgIpc) is 2.49. The van der Waals surface area contributed by atoms with Gasteiger partial charge in [0.25, 0.3) is 5.91 Å². The minimum absolute atomic E-state index is 0.00411. The van der Waals surface area contributed by atoms with E-state index in [2.05, 4.69) is 5.32 Å². The molecule has 2 aromatic rings. The Morgan fingerprint density at radius 1 is 1.09 bits per heavy atom. The number of benzene rings is 2. The van der Waals surface area contributed by atoms with Crippen molar-refractivity contribution in [3.05, 3.63) is 65.2 Å². The summed E-state index contributed by atoms with van der Waals surface area (Å²) in [4.78, 5) is 12.2. The molecule has 0 aromatic heterocycles. The fourth-order valence-electron chi connectivity index (χ4n) is 2.12. The van der Waals surface area contributed by atoms with Crippen molar-refractivity contribution in [2.45, 2.75) is 17.9 Å². The predicted molar refractivity (Wildman–Crippen MR) is 81.8 cm³/mol. The Hall–Kier alpha value is -2.28. The average molecular weight is 339 g/mol. The maximum absolute atomic E-state index is 13.3. The Labute approximate surface area is 133 Å². The van der Waals surface area contributed by atoms with Crippen LogP contribution < -0.4 is 5.32 Å². The van der Waals surface area contributed by atoms with Gasteiger partial charge in [0.1, 0.15) is 0 Å². The third kappa shape index (κ3) is 3.92. The summed E-state index contributed by atoms with van der Waals surface area (Å²) in [6, 6.07) is 8.49. The molecular weight excluding hydrogens is 324 g/mol. The molecule has 0 saturated carbocycles. The minimum atomic E-state index is -3.56. The normalized spacial score (nSPS) is 12.7. The molecule has 0 unspecified atom stereocenters. The van der Waals surface area contributed by atoms with Crippen molar-refractivity contribution in [2.75, 3.05) is 6.26 Å². The van der Waals surface area contributed by atoms with Crippen LogP contribution in [-0.4, -0.2) is 20.6 Å². The lowest BCUT2D eigenvalue weighted by Crippen LogP contribution is -2.28. The van der Waals surface area contributed by atoms with Gasteiger partial charge in [-0.3, -0.25) is 4.79 Å². The van der Waals surface area contributed by atoms with Gasteiger partial charge in [0.05, 0.1) is 16.5 Å². The van der Waals surface area contributed by atoms with Gasteiger partial charge in [0.15, 0.2) is 21.5 Å². The van der Waals surface area contributed by atoms with Crippen LogP contribution in [-0.2, 0) is 9.84 Å². The van der Waals surface area contributed by atoms with Gasteiger partial charge >= 0.3 is 0 Å². The molecular formula is C16H15F2NO3S. The van der Waals surface area contributed by atoms with E-state index in [-0.39, 0.29) is 10.5 Å². The molecule has 23 heavy (non-hydrogen) atoms. The van der Waals surface area contributed by atoms with E-state index in [9.17, 15) is 22.0 Å². The van der Waals surface area contributed by atoms with Gasteiger partial charge in [-0.2, -0.15) is 0 Å². The highest BCUT2D eigenvalue weighted by Gasteiger charge is 2.20. The number of halogens is 2. The van der Waals surface area contributed by atoms with Gasteiger partial charge in [0.2, 0.25) is 0 Å². The SMILES string of the molecule is C[C@H](NC(=O)c1ccccc1S(C)(=O)=O)c1ccc(F)c(F)c1. The van der Waals surface area contributed by atoms with Crippen LogP contribution in [0.15, 0.2) is 47.4 Å². The number of hydrogen-bond donors (Lipinski definition) is 1. The molecule has 1 N–H and O–H groups in total. The number of carbonyl (C=O) groups is 1. The van der Waals surface area contributed by atoms with E-state index < -0.39 is 33.4 Å². The zero-order valence-corrected chi connectivity index (χ0v) is 13.3. The Morgan fingerprint density at radius 2 is 1.74 bits per heavy atom. The van der Waals surface area contributed by atoms with E-state index >= 15 is 0 Å². The van der Waals surface area contributed by atoms with Gasteiger partial charge in [-0.25, -0.2) is 17.2 Å². The summed E-state index contributed by atoms with van der Waals surface area (Å²) >= 11 is 0. The first-order valence-electron chi connectivity index (χ1n) is 6.75. The number of sulfone groups is 1. The zero-order valence-electron chi connectivity index (χ0n) is 12.5. The van der Waals surface area contributed by atoms with Crippen LogP contribution in [0.5, 0.6) is 0 Å². The lowest BCUT2D eigenvalue weighted by Gasteiger charge is -2.16. The summed E-state index contributed by atoms with van der Waals surface area (Å²) in [7, 11) is -3.56. The number of amides is 1. The molecule has 0 aliphatic heterocycles. The summed E-state index contributed by atoms with van der Waals surface area (Å²) < 4.78 is 49.6. The predicted octanol–water partition coefficient (Wildman–Crippen LogP) is 2.86. The molecule has 122 valence electrons. The Kier molecular flexibility index (Phi) is 4.79. The quantitative estimate of drug-likeness (QED) is 0.932. The molecule has 1 atom stereocenters. The van der Waals surface area contributed by atoms with E-state index in [0.717, 1.165) is 18.4 Å². The molecule has 0 aliphatic rings. The number of rotatable bonds is 4.